The highest BCUT2D eigenvalue weighted by Crippen LogP contribution is 2.60. The molecule has 1 unspecified atom stereocenters. The lowest BCUT2D eigenvalue weighted by Crippen LogP contribution is -2.42. The molecule has 0 saturated heterocycles. The van der Waals surface area contributed by atoms with Gasteiger partial charge < -0.3 is 15.8 Å². The van der Waals surface area contributed by atoms with Gasteiger partial charge in [-0.25, -0.2) is 13.6 Å². The van der Waals surface area contributed by atoms with E-state index in [0.717, 1.165) is 0 Å². The summed E-state index contributed by atoms with van der Waals surface area (Å²) in [5.74, 6) is -3.03. The van der Waals surface area contributed by atoms with Crippen molar-refractivity contribution >= 4 is 11.8 Å². The summed E-state index contributed by atoms with van der Waals surface area (Å²) in [5, 5.41) is 2.28. The Morgan fingerprint density at radius 1 is 1.35 bits per heavy atom. The maximum Gasteiger partial charge on any atom is 0.408 e. The average Bonchev–Trinajstić information content (AvgIpc) is 2.78. The van der Waals surface area contributed by atoms with Crippen molar-refractivity contribution < 1.29 is 18.3 Å². The highest BCUT2D eigenvalue weighted by molar-refractivity contribution is 5.72. The molecule has 1 aliphatic rings. The number of alkyl halides is 2. The van der Waals surface area contributed by atoms with Crippen molar-refractivity contribution in [2.75, 3.05) is 5.73 Å². The van der Waals surface area contributed by atoms with E-state index in [1.54, 1.807) is 32.9 Å². The molecule has 1 fully saturated rings. The molecule has 2 rings (SSSR count). The van der Waals surface area contributed by atoms with Gasteiger partial charge in [-0.05, 0) is 26.8 Å². The highest BCUT2D eigenvalue weighted by atomic mass is 19.3. The van der Waals surface area contributed by atoms with Crippen molar-refractivity contribution in [3.05, 3.63) is 29.8 Å². The van der Waals surface area contributed by atoms with Gasteiger partial charge in [0.25, 0.3) is 5.92 Å². The number of nitrogens with two attached hydrogens (primary N) is 1. The lowest BCUT2D eigenvalue weighted by atomic mass is 10.0. The number of amides is 1. The Balaban J connectivity index is 2.26. The van der Waals surface area contributed by atoms with Crippen LogP contribution in [-0.4, -0.2) is 17.6 Å². The molecule has 1 aromatic rings. The molecule has 0 spiro atoms. The third-order valence-electron chi connectivity index (χ3n) is 3.12. The molecule has 1 aliphatic carbocycles. The van der Waals surface area contributed by atoms with Crippen LogP contribution in [0.5, 0.6) is 0 Å². The molecule has 0 heterocycles. The summed E-state index contributed by atoms with van der Waals surface area (Å²) < 4.78 is 32.6. The van der Waals surface area contributed by atoms with Crippen LogP contribution in [-0.2, 0) is 10.3 Å². The molecule has 0 aliphatic heterocycles. The minimum absolute atomic E-state index is 0.218. The number of carbonyl (C=O) groups is 1. The molecule has 1 atom stereocenters. The van der Waals surface area contributed by atoms with Gasteiger partial charge in [0.2, 0.25) is 0 Å². The second kappa shape index (κ2) is 4.33. The largest absolute Gasteiger partial charge is 0.444 e. The van der Waals surface area contributed by atoms with E-state index >= 15 is 0 Å². The summed E-state index contributed by atoms with van der Waals surface area (Å²) in [6.07, 6.45) is -1.36. The topological polar surface area (TPSA) is 64.3 Å². The fourth-order valence-electron chi connectivity index (χ4n) is 2.15. The van der Waals surface area contributed by atoms with E-state index in [1.807, 2.05) is 0 Å². The number of nitrogens with one attached hydrogen (secondary N) is 1. The first-order chi connectivity index (χ1) is 9.07. The van der Waals surface area contributed by atoms with Crippen molar-refractivity contribution in [2.24, 2.45) is 0 Å². The number of hydrogen-bond acceptors (Lipinski definition) is 3. The Kier molecular flexibility index (Phi) is 3.15. The molecule has 0 radical (unpaired) electrons. The van der Waals surface area contributed by atoms with Crippen LogP contribution < -0.4 is 11.1 Å². The average molecular weight is 284 g/mol. The SMILES string of the molecule is CC(C)(C)OC(=O)NC1(c2ccccc2N)CC1(F)F. The van der Waals surface area contributed by atoms with Crippen molar-refractivity contribution in [1.29, 1.82) is 0 Å². The second-order valence-corrected chi connectivity index (χ2v) is 6.00. The number of anilines is 1. The molecule has 0 bridgehead atoms. The second-order valence-electron chi connectivity index (χ2n) is 6.00. The Morgan fingerprint density at radius 3 is 2.35 bits per heavy atom. The number of carbonyl (C=O) groups excluding carboxylic acids is 1. The van der Waals surface area contributed by atoms with E-state index in [2.05, 4.69) is 5.32 Å². The van der Waals surface area contributed by atoms with Gasteiger partial charge in [-0.2, -0.15) is 0 Å². The monoisotopic (exact) mass is 284 g/mol. The number of rotatable bonds is 2. The summed E-state index contributed by atoms with van der Waals surface area (Å²) >= 11 is 0. The van der Waals surface area contributed by atoms with Crippen LogP contribution in [0.4, 0.5) is 19.3 Å². The Morgan fingerprint density at radius 2 is 1.90 bits per heavy atom. The summed E-state index contributed by atoms with van der Waals surface area (Å²) in [7, 11) is 0. The Hall–Kier alpha value is -1.85. The van der Waals surface area contributed by atoms with Crippen molar-refractivity contribution in [3.63, 3.8) is 0 Å². The smallest absolute Gasteiger partial charge is 0.408 e. The normalized spacial score (nSPS) is 24.1. The standard InChI is InChI=1S/C14H18F2N2O2/c1-12(2,3)20-11(19)18-13(8-14(13,15)16)9-6-4-5-7-10(9)17/h4-7H,8,17H2,1-3H3,(H,18,19). The maximum atomic E-state index is 13.8. The summed E-state index contributed by atoms with van der Waals surface area (Å²) in [6, 6.07) is 6.29. The summed E-state index contributed by atoms with van der Waals surface area (Å²) in [4.78, 5) is 11.8. The third kappa shape index (κ3) is 2.55. The van der Waals surface area contributed by atoms with Gasteiger partial charge in [-0.1, -0.05) is 18.2 Å². The molecule has 110 valence electrons. The zero-order valence-corrected chi connectivity index (χ0v) is 11.7. The van der Waals surface area contributed by atoms with E-state index in [0.29, 0.717) is 0 Å². The molecule has 4 nitrogen and oxygen atoms in total. The first-order valence-corrected chi connectivity index (χ1v) is 6.31. The van der Waals surface area contributed by atoms with Gasteiger partial charge in [0.05, 0.1) is 0 Å². The van der Waals surface area contributed by atoms with E-state index < -0.39 is 29.6 Å². The van der Waals surface area contributed by atoms with E-state index in [4.69, 9.17) is 10.5 Å². The highest BCUT2D eigenvalue weighted by Gasteiger charge is 2.74. The molecule has 0 aromatic heterocycles. The number of ether oxygens (including phenoxy) is 1. The quantitative estimate of drug-likeness (QED) is 0.820. The Bertz CT molecular complexity index is 540. The lowest BCUT2D eigenvalue weighted by molar-refractivity contribution is 0.0359. The van der Waals surface area contributed by atoms with Gasteiger partial charge in [-0.3, -0.25) is 0 Å². The number of alkyl carbamates (subject to hydrolysis) is 1. The van der Waals surface area contributed by atoms with Crippen LogP contribution in [0.1, 0.15) is 32.8 Å². The van der Waals surface area contributed by atoms with Gasteiger partial charge in [-0.15, -0.1) is 0 Å². The maximum absolute atomic E-state index is 13.8. The fraction of sp³-hybridized carbons (Fsp3) is 0.500. The van der Waals surface area contributed by atoms with Gasteiger partial charge >= 0.3 is 6.09 Å². The van der Waals surface area contributed by atoms with E-state index in [1.165, 1.54) is 12.1 Å². The number of hydrogen-bond donors (Lipinski definition) is 2. The molecule has 1 amide bonds. The van der Waals surface area contributed by atoms with Crippen LogP contribution in [0, 0.1) is 0 Å². The van der Waals surface area contributed by atoms with Crippen LogP contribution >= 0.6 is 0 Å². The number of benzene rings is 1. The predicted octanol–water partition coefficient (Wildman–Crippen LogP) is 3.03. The van der Waals surface area contributed by atoms with E-state index in [9.17, 15) is 13.6 Å². The van der Waals surface area contributed by atoms with Crippen LogP contribution in [0.2, 0.25) is 0 Å². The summed E-state index contributed by atoms with van der Waals surface area (Å²) in [6.45, 7) is 5.00. The number of para-hydroxylation sites is 1. The molecule has 3 N–H and O–H groups in total. The third-order valence-corrected chi connectivity index (χ3v) is 3.12. The van der Waals surface area contributed by atoms with E-state index in [-0.39, 0.29) is 11.3 Å². The molecular formula is C14H18F2N2O2. The molecule has 1 saturated carbocycles. The minimum Gasteiger partial charge on any atom is -0.444 e. The first-order valence-electron chi connectivity index (χ1n) is 6.31. The molecule has 1 aromatic carbocycles. The predicted molar refractivity (Wildman–Crippen MR) is 71.5 cm³/mol. The van der Waals surface area contributed by atoms with Crippen molar-refractivity contribution in [2.45, 2.75) is 44.3 Å². The van der Waals surface area contributed by atoms with Gasteiger partial charge in [0.15, 0.2) is 0 Å². The van der Waals surface area contributed by atoms with Gasteiger partial charge in [0, 0.05) is 17.7 Å². The van der Waals surface area contributed by atoms with Crippen LogP contribution in [0.25, 0.3) is 0 Å². The molecule has 6 heteroatoms. The van der Waals surface area contributed by atoms with Crippen LogP contribution in [0.3, 0.4) is 0 Å². The first kappa shape index (κ1) is 14.6. The number of halogens is 2. The minimum atomic E-state index is -3.03. The van der Waals surface area contributed by atoms with Crippen molar-refractivity contribution in [1.82, 2.24) is 5.32 Å². The van der Waals surface area contributed by atoms with Gasteiger partial charge in [0.1, 0.15) is 11.1 Å². The molecule has 20 heavy (non-hydrogen) atoms. The zero-order valence-electron chi connectivity index (χ0n) is 11.7. The Labute approximate surface area is 116 Å². The van der Waals surface area contributed by atoms with Crippen molar-refractivity contribution in [3.8, 4) is 0 Å². The molecular weight excluding hydrogens is 266 g/mol. The lowest BCUT2D eigenvalue weighted by Gasteiger charge is -2.24. The zero-order chi connectivity index (χ0) is 15.2. The summed E-state index contributed by atoms with van der Waals surface area (Å²) in [5.41, 5.74) is 3.67. The fourth-order valence-corrected chi connectivity index (χ4v) is 2.15. The number of nitrogen functional groups attached to an aromatic ring is 1. The van der Waals surface area contributed by atoms with Crippen LogP contribution in [0.15, 0.2) is 24.3 Å².